The van der Waals surface area contributed by atoms with E-state index in [0.29, 0.717) is 6.54 Å². The Labute approximate surface area is 173 Å². The van der Waals surface area contributed by atoms with Crippen LogP contribution in [0.5, 0.6) is 0 Å². The number of nitrogens with zero attached hydrogens (tertiary/aromatic N) is 3. The standard InChI is InChI=1S/C22H25BrN4O/c1-2-24-22(28)16-11-13-26(14-12-16)15-21-25-19-5-3-4-6-20(19)27(21)18-9-7-17(23)8-10-18/h3-10,16H,2,11-15H2,1H3,(H,24,28). The number of hydrogen-bond acceptors (Lipinski definition) is 3. The van der Waals surface area contributed by atoms with Crippen molar-refractivity contribution in [2.75, 3.05) is 19.6 Å². The van der Waals surface area contributed by atoms with E-state index in [2.05, 4.69) is 73.2 Å². The summed E-state index contributed by atoms with van der Waals surface area (Å²) < 4.78 is 3.31. The molecule has 2 aromatic carbocycles. The number of halogens is 1. The van der Waals surface area contributed by atoms with Crippen molar-refractivity contribution in [2.24, 2.45) is 5.92 Å². The number of para-hydroxylation sites is 2. The highest BCUT2D eigenvalue weighted by Crippen LogP contribution is 2.25. The zero-order chi connectivity index (χ0) is 19.5. The topological polar surface area (TPSA) is 50.2 Å². The Balaban J connectivity index is 1.57. The number of likely N-dealkylation sites (tertiary alicyclic amines) is 1. The summed E-state index contributed by atoms with van der Waals surface area (Å²) >= 11 is 3.52. The van der Waals surface area contributed by atoms with Gasteiger partial charge in [-0.05, 0) is 69.3 Å². The first kappa shape index (κ1) is 19.2. The van der Waals surface area contributed by atoms with Gasteiger partial charge in [-0.25, -0.2) is 4.98 Å². The number of amides is 1. The fraction of sp³-hybridized carbons (Fsp3) is 0.364. The van der Waals surface area contributed by atoms with E-state index in [9.17, 15) is 4.79 Å². The number of piperidine rings is 1. The quantitative estimate of drug-likeness (QED) is 0.648. The molecule has 6 heteroatoms. The van der Waals surface area contributed by atoms with Crippen LogP contribution < -0.4 is 5.32 Å². The molecule has 1 aliphatic rings. The molecule has 1 aliphatic heterocycles. The second-order valence-corrected chi connectivity index (χ2v) is 8.19. The molecule has 2 heterocycles. The summed E-state index contributed by atoms with van der Waals surface area (Å²) in [4.78, 5) is 19.4. The zero-order valence-corrected chi connectivity index (χ0v) is 17.7. The number of benzene rings is 2. The van der Waals surface area contributed by atoms with Crippen molar-refractivity contribution in [1.29, 1.82) is 0 Å². The Bertz CT molecular complexity index is 958. The van der Waals surface area contributed by atoms with E-state index in [0.717, 1.165) is 59.5 Å². The minimum atomic E-state index is 0.140. The molecule has 4 rings (SSSR count). The Hall–Kier alpha value is -2.18. The van der Waals surface area contributed by atoms with Crippen molar-refractivity contribution in [1.82, 2.24) is 19.8 Å². The largest absolute Gasteiger partial charge is 0.356 e. The molecule has 1 fully saturated rings. The van der Waals surface area contributed by atoms with Crippen molar-refractivity contribution in [3.63, 3.8) is 0 Å². The van der Waals surface area contributed by atoms with Crippen LogP contribution in [-0.4, -0.2) is 40.0 Å². The van der Waals surface area contributed by atoms with Gasteiger partial charge in [0.15, 0.2) is 0 Å². The second kappa shape index (κ2) is 8.45. The lowest BCUT2D eigenvalue weighted by Crippen LogP contribution is -2.40. The molecule has 0 saturated carbocycles. The van der Waals surface area contributed by atoms with Crippen molar-refractivity contribution < 1.29 is 4.79 Å². The molecule has 0 atom stereocenters. The number of carbonyl (C=O) groups excluding carboxylic acids is 1. The van der Waals surface area contributed by atoms with Crippen LogP contribution in [0.15, 0.2) is 53.0 Å². The smallest absolute Gasteiger partial charge is 0.223 e. The first-order valence-corrected chi connectivity index (χ1v) is 10.7. The molecule has 5 nitrogen and oxygen atoms in total. The van der Waals surface area contributed by atoms with Crippen molar-refractivity contribution >= 4 is 32.9 Å². The van der Waals surface area contributed by atoms with E-state index < -0.39 is 0 Å². The lowest BCUT2D eigenvalue weighted by molar-refractivity contribution is -0.126. The van der Waals surface area contributed by atoms with Crippen LogP contribution in [0.25, 0.3) is 16.7 Å². The lowest BCUT2D eigenvalue weighted by Gasteiger charge is -2.31. The van der Waals surface area contributed by atoms with Gasteiger partial charge in [0.25, 0.3) is 0 Å². The molecule has 0 aliphatic carbocycles. The maximum absolute atomic E-state index is 12.1. The van der Waals surface area contributed by atoms with Gasteiger partial charge in [0, 0.05) is 22.6 Å². The third-order valence-corrected chi connectivity index (χ3v) is 5.92. The number of nitrogens with one attached hydrogen (secondary N) is 1. The Kier molecular flexibility index (Phi) is 5.78. The predicted molar refractivity (Wildman–Crippen MR) is 115 cm³/mol. The summed E-state index contributed by atoms with van der Waals surface area (Å²) in [5.74, 6) is 1.38. The SMILES string of the molecule is CCNC(=O)C1CCN(Cc2nc3ccccc3n2-c2ccc(Br)cc2)CC1. The normalized spacial score (nSPS) is 15.8. The summed E-state index contributed by atoms with van der Waals surface area (Å²) in [5, 5.41) is 2.95. The number of rotatable bonds is 5. The van der Waals surface area contributed by atoms with Gasteiger partial charge < -0.3 is 5.32 Å². The van der Waals surface area contributed by atoms with Crippen LogP contribution in [0.4, 0.5) is 0 Å². The minimum absolute atomic E-state index is 0.140. The van der Waals surface area contributed by atoms with E-state index in [1.807, 2.05) is 13.0 Å². The summed E-state index contributed by atoms with van der Waals surface area (Å²) in [5.41, 5.74) is 3.25. The van der Waals surface area contributed by atoms with Gasteiger partial charge >= 0.3 is 0 Å². The highest BCUT2D eigenvalue weighted by Gasteiger charge is 2.25. The molecule has 146 valence electrons. The predicted octanol–water partition coefficient (Wildman–Crippen LogP) is 4.14. The second-order valence-electron chi connectivity index (χ2n) is 7.27. The van der Waals surface area contributed by atoms with Crippen molar-refractivity contribution in [3.8, 4) is 5.69 Å². The molecule has 0 bridgehead atoms. The van der Waals surface area contributed by atoms with Gasteiger partial charge in [0.2, 0.25) is 5.91 Å². The molecule has 3 aromatic rings. The Morgan fingerprint density at radius 3 is 2.57 bits per heavy atom. The van der Waals surface area contributed by atoms with E-state index in [1.165, 1.54) is 0 Å². The van der Waals surface area contributed by atoms with Gasteiger partial charge in [-0.3, -0.25) is 14.3 Å². The van der Waals surface area contributed by atoms with Gasteiger partial charge in [0.05, 0.1) is 17.6 Å². The maximum atomic E-state index is 12.1. The number of fused-ring (bicyclic) bond motifs is 1. The summed E-state index contributed by atoms with van der Waals surface area (Å²) in [6, 6.07) is 16.6. The van der Waals surface area contributed by atoms with Gasteiger partial charge in [-0.15, -0.1) is 0 Å². The zero-order valence-electron chi connectivity index (χ0n) is 16.1. The molecule has 1 saturated heterocycles. The first-order chi connectivity index (χ1) is 13.7. The average molecular weight is 441 g/mol. The van der Waals surface area contributed by atoms with Gasteiger partial charge in [0.1, 0.15) is 5.82 Å². The number of carbonyl (C=O) groups is 1. The molecule has 1 amide bonds. The van der Waals surface area contributed by atoms with E-state index >= 15 is 0 Å². The first-order valence-electron chi connectivity index (χ1n) is 9.88. The Morgan fingerprint density at radius 2 is 1.86 bits per heavy atom. The number of imidazole rings is 1. The van der Waals surface area contributed by atoms with E-state index in [1.54, 1.807) is 0 Å². The van der Waals surface area contributed by atoms with E-state index in [4.69, 9.17) is 4.98 Å². The van der Waals surface area contributed by atoms with Crippen molar-refractivity contribution in [2.45, 2.75) is 26.3 Å². The lowest BCUT2D eigenvalue weighted by atomic mass is 9.96. The number of hydrogen-bond donors (Lipinski definition) is 1. The summed E-state index contributed by atoms with van der Waals surface area (Å²) in [6.45, 7) is 5.31. The van der Waals surface area contributed by atoms with Gasteiger partial charge in [-0.1, -0.05) is 28.1 Å². The molecule has 0 spiro atoms. The highest BCUT2D eigenvalue weighted by atomic mass is 79.9. The van der Waals surface area contributed by atoms with E-state index in [-0.39, 0.29) is 11.8 Å². The van der Waals surface area contributed by atoms with Gasteiger partial charge in [-0.2, -0.15) is 0 Å². The van der Waals surface area contributed by atoms with Crippen LogP contribution in [0, 0.1) is 5.92 Å². The minimum Gasteiger partial charge on any atom is -0.356 e. The Morgan fingerprint density at radius 1 is 1.14 bits per heavy atom. The summed E-state index contributed by atoms with van der Waals surface area (Å²) in [6.07, 6.45) is 1.81. The molecule has 0 unspecified atom stereocenters. The molecule has 28 heavy (non-hydrogen) atoms. The van der Waals surface area contributed by atoms with Crippen molar-refractivity contribution in [3.05, 3.63) is 58.8 Å². The molecule has 0 radical (unpaired) electrons. The molecule has 1 N–H and O–H groups in total. The maximum Gasteiger partial charge on any atom is 0.223 e. The third-order valence-electron chi connectivity index (χ3n) is 5.39. The third kappa shape index (κ3) is 3.98. The van der Waals surface area contributed by atoms with Crippen LogP contribution in [0.3, 0.4) is 0 Å². The average Bonchev–Trinajstić information content (AvgIpc) is 3.07. The number of aromatic nitrogens is 2. The van der Waals surface area contributed by atoms with Crippen LogP contribution in [0.1, 0.15) is 25.6 Å². The van der Waals surface area contributed by atoms with Crippen LogP contribution in [-0.2, 0) is 11.3 Å². The molecular weight excluding hydrogens is 416 g/mol. The molecular formula is C22H25BrN4O. The fourth-order valence-electron chi connectivity index (χ4n) is 3.93. The fourth-order valence-corrected chi connectivity index (χ4v) is 4.20. The van der Waals surface area contributed by atoms with Crippen LogP contribution in [0.2, 0.25) is 0 Å². The summed E-state index contributed by atoms with van der Waals surface area (Å²) in [7, 11) is 0. The monoisotopic (exact) mass is 440 g/mol. The highest BCUT2D eigenvalue weighted by molar-refractivity contribution is 9.10. The van der Waals surface area contributed by atoms with Crippen LogP contribution >= 0.6 is 15.9 Å². The molecule has 1 aromatic heterocycles.